The molecule has 0 radical (unpaired) electrons. The van der Waals surface area contributed by atoms with E-state index in [1.165, 1.54) is 5.56 Å². The van der Waals surface area contributed by atoms with E-state index in [4.69, 9.17) is 4.74 Å². The fourth-order valence-electron chi connectivity index (χ4n) is 4.14. The lowest BCUT2D eigenvalue weighted by molar-refractivity contribution is 0.0358. The van der Waals surface area contributed by atoms with E-state index >= 15 is 0 Å². The van der Waals surface area contributed by atoms with Crippen LogP contribution in [-0.4, -0.2) is 39.1 Å². The highest BCUT2D eigenvalue weighted by Crippen LogP contribution is 2.45. The molecule has 0 amide bonds. The minimum absolute atomic E-state index is 0.121. The highest BCUT2D eigenvalue weighted by molar-refractivity contribution is 7.91. The summed E-state index contributed by atoms with van der Waals surface area (Å²) in [5.41, 5.74) is 1.40. The maximum absolute atomic E-state index is 11.8. The summed E-state index contributed by atoms with van der Waals surface area (Å²) in [5.74, 6) is 2.04. The Labute approximate surface area is 125 Å². The molecular weight excluding hydrogens is 286 g/mol. The van der Waals surface area contributed by atoms with E-state index in [9.17, 15) is 8.42 Å². The Hall–Kier alpha value is -1.07. The first kappa shape index (κ1) is 13.6. The van der Waals surface area contributed by atoms with Crippen LogP contribution in [0.1, 0.15) is 18.4 Å². The van der Waals surface area contributed by atoms with E-state index in [2.05, 4.69) is 17.4 Å². The number of fused-ring (bicyclic) bond motifs is 1. The van der Waals surface area contributed by atoms with E-state index < -0.39 is 9.84 Å². The average molecular weight is 307 g/mol. The summed E-state index contributed by atoms with van der Waals surface area (Å²) in [7, 11) is -2.81. The molecule has 0 bridgehead atoms. The number of benzene rings is 1. The van der Waals surface area contributed by atoms with Gasteiger partial charge in [0, 0.05) is 24.9 Å². The molecule has 3 aliphatic rings. The van der Waals surface area contributed by atoms with Crippen LogP contribution in [0.4, 0.5) is 0 Å². The van der Waals surface area contributed by atoms with Gasteiger partial charge in [-0.1, -0.05) is 18.2 Å². The van der Waals surface area contributed by atoms with Crippen molar-refractivity contribution in [1.29, 1.82) is 0 Å². The van der Waals surface area contributed by atoms with Gasteiger partial charge in [0.25, 0.3) is 0 Å². The monoisotopic (exact) mass is 307 g/mol. The molecule has 1 N–H and O–H groups in total. The minimum atomic E-state index is -2.81. The van der Waals surface area contributed by atoms with Crippen LogP contribution in [0.3, 0.4) is 0 Å². The van der Waals surface area contributed by atoms with Crippen LogP contribution in [0.5, 0.6) is 5.75 Å². The molecule has 2 fully saturated rings. The number of ether oxygens (including phenoxy) is 1. The van der Waals surface area contributed by atoms with Crippen LogP contribution < -0.4 is 10.1 Å². The van der Waals surface area contributed by atoms with Gasteiger partial charge in [0.1, 0.15) is 11.9 Å². The summed E-state index contributed by atoms with van der Waals surface area (Å²) in [6.07, 6.45) is 2.95. The quantitative estimate of drug-likeness (QED) is 0.917. The number of para-hydroxylation sites is 1. The van der Waals surface area contributed by atoms with Gasteiger partial charge >= 0.3 is 0 Å². The first-order valence-corrected chi connectivity index (χ1v) is 9.54. The van der Waals surface area contributed by atoms with Crippen LogP contribution in [0.15, 0.2) is 24.3 Å². The highest BCUT2D eigenvalue weighted by atomic mass is 32.2. The second kappa shape index (κ2) is 4.71. The SMILES string of the molecule is O=S1(=O)CCC(C2(CC3Cc4ccccc4O3)CNC2)C1. The van der Waals surface area contributed by atoms with Gasteiger partial charge in [-0.3, -0.25) is 0 Å². The van der Waals surface area contributed by atoms with E-state index in [-0.39, 0.29) is 11.5 Å². The van der Waals surface area contributed by atoms with Crippen LogP contribution in [0.2, 0.25) is 0 Å². The maximum Gasteiger partial charge on any atom is 0.150 e. The first-order chi connectivity index (χ1) is 10.1. The standard InChI is InChI=1S/C16H21NO3S/c18-21(19)6-5-13(9-21)16(10-17-11-16)8-14-7-12-3-1-2-4-15(12)20-14/h1-4,13-14,17H,5-11H2. The molecule has 2 saturated heterocycles. The molecule has 3 aliphatic heterocycles. The Morgan fingerprint density at radius 3 is 2.71 bits per heavy atom. The average Bonchev–Trinajstić information content (AvgIpc) is 2.96. The Morgan fingerprint density at radius 1 is 1.29 bits per heavy atom. The van der Waals surface area contributed by atoms with Crippen molar-refractivity contribution in [2.75, 3.05) is 24.6 Å². The lowest BCUT2D eigenvalue weighted by Crippen LogP contribution is -2.59. The van der Waals surface area contributed by atoms with Crippen LogP contribution >= 0.6 is 0 Å². The molecule has 2 atom stereocenters. The number of sulfone groups is 1. The Kier molecular flexibility index (Phi) is 3.05. The molecule has 2 unspecified atom stereocenters. The molecule has 0 aliphatic carbocycles. The van der Waals surface area contributed by atoms with E-state index in [0.29, 0.717) is 17.4 Å². The Bertz CT molecular complexity index is 626. The molecule has 1 aromatic carbocycles. The van der Waals surface area contributed by atoms with Gasteiger partial charge in [0.05, 0.1) is 11.5 Å². The summed E-state index contributed by atoms with van der Waals surface area (Å²) >= 11 is 0. The largest absolute Gasteiger partial charge is 0.490 e. The summed E-state index contributed by atoms with van der Waals surface area (Å²) in [5, 5.41) is 3.35. The number of nitrogens with one attached hydrogen (secondary N) is 1. The summed E-state index contributed by atoms with van der Waals surface area (Å²) < 4.78 is 29.7. The third-order valence-electron chi connectivity index (χ3n) is 5.40. The summed E-state index contributed by atoms with van der Waals surface area (Å²) in [6.45, 7) is 1.87. The second-order valence-electron chi connectivity index (χ2n) is 6.82. The van der Waals surface area contributed by atoms with E-state index in [1.54, 1.807) is 0 Å². The van der Waals surface area contributed by atoms with Gasteiger partial charge in [-0.2, -0.15) is 0 Å². The van der Waals surface area contributed by atoms with E-state index in [1.807, 2.05) is 12.1 Å². The van der Waals surface area contributed by atoms with Crippen LogP contribution in [0.25, 0.3) is 0 Å². The van der Waals surface area contributed by atoms with Gasteiger partial charge in [-0.05, 0) is 30.4 Å². The predicted molar refractivity (Wildman–Crippen MR) is 81.2 cm³/mol. The molecule has 0 aromatic heterocycles. The van der Waals surface area contributed by atoms with Gasteiger partial charge < -0.3 is 10.1 Å². The van der Waals surface area contributed by atoms with Gasteiger partial charge in [-0.25, -0.2) is 8.42 Å². The smallest absolute Gasteiger partial charge is 0.150 e. The van der Waals surface area contributed by atoms with Crippen molar-refractivity contribution in [2.24, 2.45) is 11.3 Å². The predicted octanol–water partition coefficient (Wildman–Crippen LogP) is 1.40. The summed E-state index contributed by atoms with van der Waals surface area (Å²) in [4.78, 5) is 0. The Morgan fingerprint density at radius 2 is 2.10 bits per heavy atom. The normalized spacial score (nSPS) is 32.2. The minimum Gasteiger partial charge on any atom is -0.490 e. The zero-order chi connectivity index (χ0) is 14.5. The summed E-state index contributed by atoms with van der Waals surface area (Å²) in [6, 6.07) is 8.21. The fourth-order valence-corrected chi connectivity index (χ4v) is 6.09. The molecule has 114 valence electrons. The topological polar surface area (TPSA) is 55.4 Å². The van der Waals surface area contributed by atoms with Gasteiger partial charge in [0.2, 0.25) is 0 Å². The van der Waals surface area contributed by atoms with Crippen molar-refractivity contribution < 1.29 is 13.2 Å². The lowest BCUT2D eigenvalue weighted by atomic mass is 9.66. The van der Waals surface area contributed by atoms with Crippen molar-refractivity contribution in [3.63, 3.8) is 0 Å². The van der Waals surface area contributed by atoms with Crippen molar-refractivity contribution >= 4 is 9.84 Å². The third kappa shape index (κ3) is 2.36. The number of hydrogen-bond donors (Lipinski definition) is 1. The number of rotatable bonds is 3. The third-order valence-corrected chi connectivity index (χ3v) is 7.17. The van der Waals surface area contributed by atoms with Gasteiger partial charge in [0.15, 0.2) is 9.84 Å². The molecule has 4 nitrogen and oxygen atoms in total. The highest BCUT2D eigenvalue weighted by Gasteiger charge is 2.50. The van der Waals surface area contributed by atoms with Crippen molar-refractivity contribution in [1.82, 2.24) is 5.32 Å². The zero-order valence-electron chi connectivity index (χ0n) is 12.0. The fraction of sp³-hybridized carbons (Fsp3) is 0.625. The number of hydrogen-bond acceptors (Lipinski definition) is 4. The molecule has 1 aromatic rings. The van der Waals surface area contributed by atoms with Crippen LogP contribution in [0, 0.1) is 11.3 Å². The van der Waals surface area contributed by atoms with Crippen LogP contribution in [-0.2, 0) is 16.3 Å². The molecule has 0 spiro atoms. The van der Waals surface area contributed by atoms with Crippen molar-refractivity contribution in [3.8, 4) is 5.75 Å². The molecular formula is C16H21NO3S. The Balaban J connectivity index is 1.49. The van der Waals surface area contributed by atoms with Crippen molar-refractivity contribution in [2.45, 2.75) is 25.4 Å². The van der Waals surface area contributed by atoms with Gasteiger partial charge in [-0.15, -0.1) is 0 Å². The first-order valence-electron chi connectivity index (χ1n) is 7.72. The molecule has 5 heteroatoms. The molecule has 21 heavy (non-hydrogen) atoms. The lowest BCUT2D eigenvalue weighted by Gasteiger charge is -2.48. The molecule has 4 rings (SSSR count). The second-order valence-corrected chi connectivity index (χ2v) is 9.05. The van der Waals surface area contributed by atoms with Crippen molar-refractivity contribution in [3.05, 3.63) is 29.8 Å². The van der Waals surface area contributed by atoms with E-state index in [0.717, 1.165) is 38.1 Å². The zero-order valence-corrected chi connectivity index (χ0v) is 12.9. The molecule has 3 heterocycles. The molecule has 0 saturated carbocycles. The maximum atomic E-state index is 11.8.